The molecular formula is C21H21F3N6O2. The van der Waals surface area contributed by atoms with Gasteiger partial charge < -0.3 is 16.0 Å². The second kappa shape index (κ2) is 7.81. The van der Waals surface area contributed by atoms with Gasteiger partial charge in [0.15, 0.2) is 5.65 Å². The summed E-state index contributed by atoms with van der Waals surface area (Å²) in [5, 5.41) is 6.69. The molecule has 11 heteroatoms. The van der Waals surface area contributed by atoms with E-state index in [0.29, 0.717) is 0 Å². The Morgan fingerprint density at radius 1 is 1.25 bits per heavy atom. The molecule has 0 aliphatic carbocycles. The molecule has 32 heavy (non-hydrogen) atoms. The number of benzene rings is 1. The first-order valence-corrected chi connectivity index (χ1v) is 9.95. The van der Waals surface area contributed by atoms with E-state index in [-0.39, 0.29) is 34.2 Å². The number of amides is 2. The molecule has 1 saturated heterocycles. The third-order valence-electron chi connectivity index (χ3n) is 5.22. The molecule has 0 saturated carbocycles. The van der Waals surface area contributed by atoms with E-state index in [4.69, 9.17) is 5.73 Å². The average molecular weight is 446 g/mol. The highest BCUT2D eigenvalue weighted by molar-refractivity contribution is 5.98. The Morgan fingerprint density at radius 3 is 2.69 bits per heavy atom. The van der Waals surface area contributed by atoms with Crippen molar-refractivity contribution < 1.29 is 22.8 Å². The quantitative estimate of drug-likeness (QED) is 0.627. The molecule has 0 radical (unpaired) electrons. The molecule has 1 unspecified atom stereocenters. The van der Waals surface area contributed by atoms with E-state index in [0.717, 1.165) is 12.1 Å². The van der Waals surface area contributed by atoms with Crippen LogP contribution >= 0.6 is 0 Å². The zero-order valence-electron chi connectivity index (χ0n) is 17.3. The lowest BCUT2D eigenvalue weighted by Gasteiger charge is -2.27. The van der Waals surface area contributed by atoms with E-state index in [2.05, 4.69) is 15.4 Å². The third-order valence-corrected chi connectivity index (χ3v) is 5.22. The molecule has 3 aromatic rings. The summed E-state index contributed by atoms with van der Waals surface area (Å²) in [6, 6.07) is 3.75. The minimum atomic E-state index is -3.11. The number of nitrogens with two attached hydrogens (primary N) is 1. The largest absolute Gasteiger partial charge is 0.365 e. The number of primary amides is 1. The normalized spacial score (nSPS) is 17.8. The number of aromatic nitrogens is 3. The Balaban J connectivity index is 1.82. The van der Waals surface area contributed by atoms with Gasteiger partial charge in [0, 0.05) is 24.2 Å². The second-order valence-electron chi connectivity index (χ2n) is 8.04. The molecule has 8 nitrogen and oxygen atoms in total. The van der Waals surface area contributed by atoms with Crippen LogP contribution in [0.3, 0.4) is 0 Å². The summed E-state index contributed by atoms with van der Waals surface area (Å²) in [6.45, 7) is 2.83. The molecule has 0 spiro atoms. The van der Waals surface area contributed by atoms with Crippen LogP contribution in [0, 0.1) is 5.82 Å². The molecule has 3 N–H and O–H groups in total. The topological polar surface area (TPSA) is 106 Å². The fraction of sp³-hybridized carbons (Fsp3) is 0.333. The van der Waals surface area contributed by atoms with Crippen molar-refractivity contribution in [3.05, 3.63) is 59.2 Å². The van der Waals surface area contributed by atoms with E-state index in [9.17, 15) is 22.8 Å². The summed E-state index contributed by atoms with van der Waals surface area (Å²) >= 11 is 0. The van der Waals surface area contributed by atoms with Crippen LogP contribution in [-0.4, -0.2) is 44.9 Å². The molecule has 2 aromatic heterocycles. The lowest BCUT2D eigenvalue weighted by atomic mass is 9.96. The molecule has 4 rings (SSSR count). The monoisotopic (exact) mass is 446 g/mol. The van der Waals surface area contributed by atoms with Crippen LogP contribution in [0.15, 0.2) is 36.7 Å². The van der Waals surface area contributed by atoms with Crippen LogP contribution in [0.25, 0.3) is 5.65 Å². The minimum Gasteiger partial charge on any atom is -0.365 e. The number of hydrogen-bond donors (Lipinski definition) is 2. The summed E-state index contributed by atoms with van der Waals surface area (Å²) in [7, 11) is 0. The Kier molecular flexibility index (Phi) is 5.27. The minimum absolute atomic E-state index is 0.0390. The van der Waals surface area contributed by atoms with E-state index in [1.165, 1.54) is 33.9 Å². The molecular weight excluding hydrogens is 425 g/mol. The highest BCUT2D eigenvalue weighted by atomic mass is 19.3. The maximum Gasteiger partial charge on any atom is 0.267 e. The van der Waals surface area contributed by atoms with Gasteiger partial charge in [0.2, 0.25) is 0 Å². The van der Waals surface area contributed by atoms with Crippen molar-refractivity contribution in [1.29, 1.82) is 0 Å². The first-order valence-electron chi connectivity index (χ1n) is 9.95. The maximum absolute atomic E-state index is 14.6. The zero-order valence-corrected chi connectivity index (χ0v) is 17.3. The number of halogens is 3. The van der Waals surface area contributed by atoms with Crippen molar-refractivity contribution in [1.82, 2.24) is 19.9 Å². The molecule has 1 atom stereocenters. The van der Waals surface area contributed by atoms with E-state index < -0.39 is 42.6 Å². The van der Waals surface area contributed by atoms with Gasteiger partial charge in [-0.05, 0) is 43.7 Å². The van der Waals surface area contributed by atoms with Crippen molar-refractivity contribution >= 4 is 23.3 Å². The summed E-state index contributed by atoms with van der Waals surface area (Å²) in [5.74, 6) is -4.87. The standard InChI is InChI=1S/C21H21F3N6O2/c1-11(2)27-20(32)13-4-3-12(22)7-14(13)16-8-21(23,24)10-29(16)17-5-6-30-19(28-17)15(9-26-30)18(25)31/h3-7,9,11,16H,8,10H2,1-2H3,(H2,25,31)(H,27,32). The van der Waals surface area contributed by atoms with Gasteiger partial charge >= 0.3 is 0 Å². The number of alkyl halides is 2. The van der Waals surface area contributed by atoms with Crippen molar-refractivity contribution in [2.45, 2.75) is 38.3 Å². The number of hydrogen-bond acceptors (Lipinski definition) is 5. The number of rotatable bonds is 5. The van der Waals surface area contributed by atoms with Crippen molar-refractivity contribution in [3.8, 4) is 0 Å². The predicted molar refractivity (Wildman–Crippen MR) is 110 cm³/mol. The highest BCUT2D eigenvalue weighted by Crippen LogP contribution is 2.44. The number of nitrogens with one attached hydrogen (secondary N) is 1. The van der Waals surface area contributed by atoms with E-state index in [1.54, 1.807) is 13.8 Å². The lowest BCUT2D eigenvalue weighted by Crippen LogP contribution is -2.33. The lowest BCUT2D eigenvalue weighted by molar-refractivity contribution is 0.0222. The van der Waals surface area contributed by atoms with Gasteiger partial charge in [0.25, 0.3) is 17.7 Å². The van der Waals surface area contributed by atoms with E-state index >= 15 is 0 Å². The fourth-order valence-electron chi connectivity index (χ4n) is 3.88. The predicted octanol–water partition coefficient (Wildman–Crippen LogP) is 2.69. The van der Waals surface area contributed by atoms with Crippen LogP contribution in [0.4, 0.5) is 19.0 Å². The first-order chi connectivity index (χ1) is 15.1. The summed E-state index contributed by atoms with van der Waals surface area (Å²) in [5.41, 5.74) is 5.74. The zero-order chi connectivity index (χ0) is 23.2. The summed E-state index contributed by atoms with van der Waals surface area (Å²) < 4.78 is 44.6. The molecule has 1 aromatic carbocycles. The smallest absolute Gasteiger partial charge is 0.267 e. The van der Waals surface area contributed by atoms with Gasteiger partial charge in [-0.2, -0.15) is 5.10 Å². The molecule has 1 fully saturated rings. The van der Waals surface area contributed by atoms with Crippen molar-refractivity contribution in [2.75, 3.05) is 11.4 Å². The van der Waals surface area contributed by atoms with E-state index in [1.807, 2.05) is 0 Å². The van der Waals surface area contributed by atoms with Gasteiger partial charge in [-0.25, -0.2) is 22.7 Å². The van der Waals surface area contributed by atoms with Gasteiger partial charge in [0.05, 0.1) is 18.8 Å². The molecule has 1 aliphatic heterocycles. The van der Waals surface area contributed by atoms with Crippen molar-refractivity contribution in [3.63, 3.8) is 0 Å². The van der Waals surface area contributed by atoms with Crippen LogP contribution in [0.1, 0.15) is 52.6 Å². The molecule has 2 amide bonds. The summed E-state index contributed by atoms with van der Waals surface area (Å²) in [6.07, 6.45) is 2.08. The van der Waals surface area contributed by atoms with Crippen LogP contribution in [0.5, 0.6) is 0 Å². The van der Waals surface area contributed by atoms with Gasteiger partial charge in [-0.15, -0.1) is 0 Å². The third kappa shape index (κ3) is 3.97. The van der Waals surface area contributed by atoms with Gasteiger partial charge in [-0.1, -0.05) is 0 Å². The van der Waals surface area contributed by atoms with Crippen molar-refractivity contribution in [2.24, 2.45) is 5.73 Å². The molecule has 168 valence electrons. The fourth-order valence-corrected chi connectivity index (χ4v) is 3.88. The first kappa shape index (κ1) is 21.6. The number of carbonyl (C=O) groups is 2. The Morgan fingerprint density at radius 2 is 2.00 bits per heavy atom. The highest BCUT2D eigenvalue weighted by Gasteiger charge is 2.47. The Bertz CT molecular complexity index is 1210. The van der Waals surface area contributed by atoms with Crippen LogP contribution in [0.2, 0.25) is 0 Å². The number of nitrogens with zero attached hydrogens (tertiary/aromatic N) is 4. The molecule has 1 aliphatic rings. The maximum atomic E-state index is 14.6. The SMILES string of the molecule is CC(C)NC(=O)c1ccc(F)cc1C1CC(F)(F)CN1c1ccn2ncc(C(N)=O)c2n1. The number of carbonyl (C=O) groups excluding carboxylic acids is 2. The van der Waals surface area contributed by atoms with Crippen LogP contribution < -0.4 is 16.0 Å². The number of anilines is 1. The van der Waals surface area contributed by atoms with Gasteiger partial charge in [-0.3, -0.25) is 9.59 Å². The Labute approximate surface area is 181 Å². The summed E-state index contributed by atoms with van der Waals surface area (Å²) in [4.78, 5) is 30.0. The molecule has 3 heterocycles. The van der Waals surface area contributed by atoms with Crippen LogP contribution in [-0.2, 0) is 0 Å². The Hall–Kier alpha value is -3.63. The van der Waals surface area contributed by atoms with Gasteiger partial charge in [0.1, 0.15) is 17.2 Å². The number of fused-ring (bicyclic) bond motifs is 1. The second-order valence-corrected chi connectivity index (χ2v) is 8.04. The molecule has 0 bridgehead atoms. The average Bonchev–Trinajstić information content (AvgIpc) is 3.27.